The van der Waals surface area contributed by atoms with Crippen LogP contribution in [0.1, 0.15) is 18.1 Å². The first kappa shape index (κ1) is 29.5. The molecule has 0 aliphatic carbocycles. The molecule has 2 aromatic rings. The number of likely N-dealkylation sites (N-methyl/N-ethyl adjacent to an activating group) is 1. The lowest BCUT2D eigenvalue weighted by Crippen LogP contribution is -2.59. The van der Waals surface area contributed by atoms with Crippen LogP contribution in [0.5, 0.6) is 0 Å². The molecular formula is C30H35N5O6. The maximum Gasteiger partial charge on any atom is 0.251 e. The van der Waals surface area contributed by atoms with Crippen molar-refractivity contribution in [2.24, 2.45) is 0 Å². The molecule has 3 N–H and O–H groups in total. The van der Waals surface area contributed by atoms with Gasteiger partial charge in [-0.1, -0.05) is 60.7 Å². The Labute approximate surface area is 238 Å². The summed E-state index contributed by atoms with van der Waals surface area (Å²) in [4.78, 5) is 68.0. The van der Waals surface area contributed by atoms with Gasteiger partial charge in [0.05, 0.1) is 19.2 Å². The number of fused-ring (bicyclic) bond motifs is 2. The number of nitrogens with zero attached hydrogens (tertiary/aromatic N) is 2. The van der Waals surface area contributed by atoms with Crippen LogP contribution >= 0.6 is 0 Å². The smallest absolute Gasteiger partial charge is 0.251 e. The lowest BCUT2D eigenvalue weighted by Gasteiger charge is -2.37. The fraction of sp³-hybridized carbons (Fsp3) is 0.367. The van der Waals surface area contributed by atoms with E-state index >= 15 is 0 Å². The second-order valence-electron chi connectivity index (χ2n) is 10.2. The first-order valence-corrected chi connectivity index (χ1v) is 13.5. The molecule has 2 aliphatic heterocycles. The van der Waals surface area contributed by atoms with Crippen molar-refractivity contribution < 1.29 is 28.7 Å². The van der Waals surface area contributed by atoms with E-state index in [0.717, 1.165) is 11.1 Å². The second-order valence-corrected chi connectivity index (χ2v) is 10.2. The summed E-state index contributed by atoms with van der Waals surface area (Å²) in [5.41, 5.74) is 1.66. The van der Waals surface area contributed by atoms with Crippen LogP contribution in [0.4, 0.5) is 0 Å². The maximum absolute atomic E-state index is 13.5. The Kier molecular flexibility index (Phi) is 9.86. The van der Waals surface area contributed by atoms with Gasteiger partial charge in [-0.15, -0.1) is 0 Å². The van der Waals surface area contributed by atoms with E-state index in [4.69, 9.17) is 4.74 Å². The summed E-state index contributed by atoms with van der Waals surface area (Å²) < 4.78 is 6.03. The van der Waals surface area contributed by atoms with Crippen LogP contribution in [0.15, 0.2) is 66.7 Å². The van der Waals surface area contributed by atoms with Gasteiger partial charge in [-0.3, -0.25) is 24.0 Å². The highest BCUT2D eigenvalue weighted by Gasteiger charge is 2.37. The number of hydrogen-bond acceptors (Lipinski definition) is 6. The number of hydrogen-bond donors (Lipinski definition) is 3. The fourth-order valence-electron chi connectivity index (χ4n) is 4.71. The van der Waals surface area contributed by atoms with Gasteiger partial charge in [-0.05, 0) is 24.1 Å². The first-order valence-electron chi connectivity index (χ1n) is 13.5. The zero-order valence-electron chi connectivity index (χ0n) is 23.1. The predicted octanol–water partition coefficient (Wildman–Crippen LogP) is 0.116. The van der Waals surface area contributed by atoms with Crippen molar-refractivity contribution in [2.75, 3.05) is 33.2 Å². The highest BCUT2D eigenvalue weighted by molar-refractivity contribution is 5.95. The van der Waals surface area contributed by atoms with Crippen molar-refractivity contribution in [3.05, 3.63) is 77.9 Å². The third-order valence-electron chi connectivity index (χ3n) is 6.92. The summed E-state index contributed by atoms with van der Waals surface area (Å²) in [6.45, 7) is 1.35. The van der Waals surface area contributed by atoms with Crippen LogP contribution in [0.2, 0.25) is 0 Å². The molecule has 2 aromatic carbocycles. The third-order valence-corrected chi connectivity index (χ3v) is 6.92. The minimum absolute atomic E-state index is 0.0152. The molecule has 0 saturated carbocycles. The van der Waals surface area contributed by atoms with Crippen molar-refractivity contribution in [2.45, 2.75) is 37.6 Å². The fourth-order valence-corrected chi connectivity index (χ4v) is 4.71. The molecule has 4 rings (SSSR count). The summed E-state index contributed by atoms with van der Waals surface area (Å²) in [5, 5.41) is 8.11. The van der Waals surface area contributed by atoms with Crippen LogP contribution in [0.3, 0.4) is 0 Å². The number of carbonyl (C=O) groups excluding carboxylic acids is 5. The van der Waals surface area contributed by atoms with E-state index in [2.05, 4.69) is 16.0 Å². The van der Waals surface area contributed by atoms with E-state index in [0.29, 0.717) is 0 Å². The monoisotopic (exact) mass is 561 g/mol. The lowest BCUT2D eigenvalue weighted by molar-refractivity contribution is -0.155. The molecular weight excluding hydrogens is 526 g/mol. The van der Waals surface area contributed by atoms with E-state index < -0.39 is 47.9 Å². The molecule has 0 radical (unpaired) electrons. The Morgan fingerprint density at radius 2 is 1.63 bits per heavy atom. The van der Waals surface area contributed by atoms with E-state index in [1.54, 1.807) is 6.08 Å². The number of ether oxygens (including phenoxy) is 1. The number of amides is 5. The predicted molar refractivity (Wildman–Crippen MR) is 151 cm³/mol. The largest absolute Gasteiger partial charge is 0.360 e. The average Bonchev–Trinajstić information content (AvgIpc) is 2.98. The quantitative estimate of drug-likeness (QED) is 0.454. The van der Waals surface area contributed by atoms with Crippen molar-refractivity contribution in [1.29, 1.82) is 0 Å². The Hall–Kier alpha value is -4.51. The van der Waals surface area contributed by atoms with E-state index in [1.165, 1.54) is 29.8 Å². The van der Waals surface area contributed by atoms with Gasteiger partial charge in [0, 0.05) is 32.6 Å². The van der Waals surface area contributed by atoms with Gasteiger partial charge >= 0.3 is 0 Å². The van der Waals surface area contributed by atoms with E-state index in [-0.39, 0.29) is 38.5 Å². The summed E-state index contributed by atoms with van der Waals surface area (Å²) in [6.07, 6.45) is 1.53. The third kappa shape index (κ3) is 8.24. The second kappa shape index (κ2) is 13.7. The summed E-state index contributed by atoms with van der Waals surface area (Å²) in [7, 11) is 1.46. The van der Waals surface area contributed by atoms with Crippen LogP contribution < -0.4 is 16.0 Å². The Morgan fingerprint density at radius 1 is 0.951 bits per heavy atom. The van der Waals surface area contributed by atoms with Crippen LogP contribution in [-0.4, -0.2) is 96.9 Å². The highest BCUT2D eigenvalue weighted by atomic mass is 16.5. The zero-order chi connectivity index (χ0) is 29.4. The Bertz CT molecular complexity index is 1280. The molecule has 2 bridgehead atoms. The Balaban J connectivity index is 1.59. The summed E-state index contributed by atoms with van der Waals surface area (Å²) >= 11 is 0. The molecule has 2 aliphatic rings. The van der Waals surface area contributed by atoms with E-state index in [1.807, 2.05) is 60.7 Å². The van der Waals surface area contributed by atoms with Crippen molar-refractivity contribution >= 4 is 35.6 Å². The molecule has 11 nitrogen and oxygen atoms in total. The van der Waals surface area contributed by atoms with Crippen LogP contribution in [-0.2, 0) is 35.1 Å². The van der Waals surface area contributed by atoms with Gasteiger partial charge in [0.1, 0.15) is 12.1 Å². The number of carbonyl (C=O) groups is 5. The molecule has 4 atom stereocenters. The zero-order valence-corrected chi connectivity index (χ0v) is 23.1. The summed E-state index contributed by atoms with van der Waals surface area (Å²) in [6, 6.07) is 16.7. The van der Waals surface area contributed by atoms with E-state index in [9.17, 15) is 24.0 Å². The molecule has 0 spiro atoms. The minimum Gasteiger partial charge on any atom is -0.360 e. The molecule has 2 saturated heterocycles. The molecule has 0 aromatic heterocycles. The molecule has 41 heavy (non-hydrogen) atoms. The SMILES string of the molecule is C[C@H]1NC(=O)CN(C)C(=O)[C@@H](Cc2ccccc2)NC(=O)[C@H]2CN(C(=O)C=Cc3ccccc3)C[C@H](CNC1=O)O2. The van der Waals surface area contributed by atoms with Crippen molar-refractivity contribution in [3.8, 4) is 0 Å². The van der Waals surface area contributed by atoms with Crippen LogP contribution in [0, 0.1) is 0 Å². The standard InChI is InChI=1S/C30H35N5O6/c1-20-28(38)31-16-23-17-35(27(37)14-13-21-9-5-3-6-10-21)18-25(41-23)29(39)33-24(15-22-11-7-4-8-12-22)30(40)34(2)19-26(36)32-20/h3-14,20,23-25H,15-19H2,1-2H3,(H,31,38)(H,32,36)(H,33,39)/t20-,23+,24-,25-/m1/s1. The molecule has 5 amide bonds. The van der Waals surface area contributed by atoms with Gasteiger partial charge in [0.15, 0.2) is 6.10 Å². The van der Waals surface area contributed by atoms with Gasteiger partial charge in [-0.2, -0.15) is 0 Å². The van der Waals surface area contributed by atoms with Crippen molar-refractivity contribution in [3.63, 3.8) is 0 Å². The highest BCUT2D eigenvalue weighted by Crippen LogP contribution is 2.15. The minimum atomic E-state index is -1.08. The molecule has 2 fully saturated rings. The Morgan fingerprint density at radius 3 is 2.34 bits per heavy atom. The van der Waals surface area contributed by atoms with Gasteiger partial charge in [-0.25, -0.2) is 0 Å². The number of morpholine rings is 1. The molecule has 11 heteroatoms. The lowest BCUT2D eigenvalue weighted by atomic mass is 10.0. The first-order chi connectivity index (χ1) is 19.7. The van der Waals surface area contributed by atoms with Crippen molar-refractivity contribution in [1.82, 2.24) is 25.8 Å². The van der Waals surface area contributed by atoms with Crippen LogP contribution in [0.25, 0.3) is 6.08 Å². The maximum atomic E-state index is 13.5. The number of rotatable bonds is 4. The normalized spacial score (nSPS) is 24.6. The molecule has 0 unspecified atom stereocenters. The van der Waals surface area contributed by atoms with Gasteiger partial charge in [0.2, 0.25) is 23.6 Å². The van der Waals surface area contributed by atoms with Gasteiger partial charge < -0.3 is 30.5 Å². The topological polar surface area (TPSA) is 137 Å². The molecule has 2 heterocycles. The average molecular weight is 562 g/mol. The molecule has 216 valence electrons. The number of nitrogens with one attached hydrogen (secondary N) is 3. The number of benzene rings is 2. The van der Waals surface area contributed by atoms with Gasteiger partial charge in [0.25, 0.3) is 5.91 Å². The summed E-state index contributed by atoms with van der Waals surface area (Å²) in [5.74, 6) is -2.33.